The molecule has 1 aliphatic rings. The summed E-state index contributed by atoms with van der Waals surface area (Å²) in [6, 6.07) is 19.2. The van der Waals surface area contributed by atoms with Crippen LogP contribution < -0.4 is 5.32 Å². The summed E-state index contributed by atoms with van der Waals surface area (Å²) in [7, 11) is 0. The number of carbonyl (C=O) groups excluding carboxylic acids is 1. The number of nitrogens with one attached hydrogen (secondary N) is 1. The van der Waals surface area contributed by atoms with Crippen molar-refractivity contribution in [2.75, 3.05) is 11.9 Å². The standard InChI is InChI=1S/C23H24N4O/c1-2-21-24-15-18-13-14-27(16-20(18)26-21)22(17-9-5-3-6-10-17)23(28)25-19-11-7-4-8-12-19/h3-12,15,22H,2,13-14,16H2,1H3,(H,25,28). The summed E-state index contributed by atoms with van der Waals surface area (Å²) in [6.07, 6.45) is 3.60. The summed E-state index contributed by atoms with van der Waals surface area (Å²) in [6.45, 7) is 3.50. The third-order valence-electron chi connectivity index (χ3n) is 5.11. The topological polar surface area (TPSA) is 58.1 Å². The number of fused-ring (bicyclic) bond motifs is 1. The second-order valence-corrected chi connectivity index (χ2v) is 7.00. The summed E-state index contributed by atoms with van der Waals surface area (Å²) < 4.78 is 0. The molecule has 28 heavy (non-hydrogen) atoms. The minimum Gasteiger partial charge on any atom is -0.324 e. The van der Waals surface area contributed by atoms with Gasteiger partial charge in [-0.05, 0) is 29.7 Å². The molecule has 0 spiro atoms. The van der Waals surface area contributed by atoms with Crippen molar-refractivity contribution in [3.63, 3.8) is 0 Å². The van der Waals surface area contributed by atoms with Gasteiger partial charge in [0.2, 0.25) is 5.91 Å². The van der Waals surface area contributed by atoms with Crippen LogP contribution in [0.3, 0.4) is 0 Å². The Morgan fingerprint density at radius 1 is 1.11 bits per heavy atom. The van der Waals surface area contributed by atoms with Gasteiger partial charge in [-0.3, -0.25) is 9.69 Å². The zero-order valence-corrected chi connectivity index (χ0v) is 16.0. The molecule has 4 rings (SSSR count). The third kappa shape index (κ3) is 3.94. The lowest BCUT2D eigenvalue weighted by atomic mass is 9.99. The van der Waals surface area contributed by atoms with E-state index in [-0.39, 0.29) is 11.9 Å². The number of rotatable bonds is 5. The lowest BCUT2D eigenvalue weighted by Crippen LogP contribution is -2.40. The fourth-order valence-corrected chi connectivity index (χ4v) is 3.65. The van der Waals surface area contributed by atoms with Crippen molar-refractivity contribution in [2.45, 2.75) is 32.4 Å². The van der Waals surface area contributed by atoms with Crippen molar-refractivity contribution in [3.8, 4) is 0 Å². The first-order valence-electron chi connectivity index (χ1n) is 9.73. The largest absolute Gasteiger partial charge is 0.324 e. The number of aryl methyl sites for hydroxylation is 1. The highest BCUT2D eigenvalue weighted by atomic mass is 16.2. The molecule has 1 unspecified atom stereocenters. The van der Waals surface area contributed by atoms with E-state index in [9.17, 15) is 4.79 Å². The Morgan fingerprint density at radius 3 is 2.54 bits per heavy atom. The van der Waals surface area contributed by atoms with Gasteiger partial charge in [0, 0.05) is 31.4 Å². The molecule has 5 heteroatoms. The molecule has 0 saturated carbocycles. The van der Waals surface area contributed by atoms with Crippen LogP contribution in [0, 0.1) is 0 Å². The molecule has 3 aromatic rings. The SMILES string of the molecule is CCc1ncc2c(n1)CN(C(C(=O)Nc1ccccc1)c1ccccc1)CC2. The van der Waals surface area contributed by atoms with Crippen LogP contribution in [0.5, 0.6) is 0 Å². The summed E-state index contributed by atoms with van der Waals surface area (Å²) >= 11 is 0. The van der Waals surface area contributed by atoms with Gasteiger partial charge in [0.15, 0.2) is 0 Å². The number of aromatic nitrogens is 2. The van der Waals surface area contributed by atoms with Crippen LogP contribution in [-0.2, 0) is 24.2 Å². The van der Waals surface area contributed by atoms with Gasteiger partial charge >= 0.3 is 0 Å². The molecular weight excluding hydrogens is 348 g/mol. The molecule has 1 N–H and O–H groups in total. The maximum atomic E-state index is 13.3. The van der Waals surface area contributed by atoms with E-state index >= 15 is 0 Å². The monoisotopic (exact) mass is 372 g/mol. The molecule has 142 valence electrons. The molecule has 0 aliphatic carbocycles. The molecule has 0 radical (unpaired) electrons. The lowest BCUT2D eigenvalue weighted by Gasteiger charge is -2.34. The van der Waals surface area contributed by atoms with Crippen LogP contribution in [0.25, 0.3) is 0 Å². The Balaban J connectivity index is 1.63. The number of benzene rings is 2. The van der Waals surface area contributed by atoms with Crippen molar-refractivity contribution >= 4 is 11.6 Å². The molecule has 0 fully saturated rings. The quantitative estimate of drug-likeness (QED) is 0.741. The first kappa shape index (κ1) is 18.3. The summed E-state index contributed by atoms with van der Waals surface area (Å²) in [5.41, 5.74) is 4.01. The second kappa shape index (κ2) is 8.31. The van der Waals surface area contributed by atoms with Gasteiger partial charge in [-0.25, -0.2) is 9.97 Å². The van der Waals surface area contributed by atoms with Gasteiger partial charge in [-0.1, -0.05) is 55.5 Å². The van der Waals surface area contributed by atoms with Crippen molar-refractivity contribution in [1.29, 1.82) is 0 Å². The van der Waals surface area contributed by atoms with Crippen molar-refractivity contribution in [3.05, 3.63) is 89.5 Å². The van der Waals surface area contributed by atoms with E-state index in [4.69, 9.17) is 4.98 Å². The molecule has 2 heterocycles. The van der Waals surface area contributed by atoms with Crippen LogP contribution in [0.1, 0.15) is 35.6 Å². The van der Waals surface area contributed by atoms with E-state index in [1.807, 2.05) is 66.9 Å². The van der Waals surface area contributed by atoms with Crippen LogP contribution in [0.15, 0.2) is 66.9 Å². The smallest absolute Gasteiger partial charge is 0.246 e. The number of nitrogens with zero attached hydrogens (tertiary/aromatic N) is 3. The van der Waals surface area contributed by atoms with Gasteiger partial charge in [0.25, 0.3) is 0 Å². The third-order valence-corrected chi connectivity index (χ3v) is 5.11. The summed E-state index contributed by atoms with van der Waals surface area (Å²) in [5, 5.41) is 3.07. The molecule has 0 bridgehead atoms. The molecule has 1 aliphatic heterocycles. The average molecular weight is 372 g/mol. The van der Waals surface area contributed by atoms with E-state index in [0.717, 1.165) is 42.2 Å². The number of hydrogen-bond donors (Lipinski definition) is 1. The van der Waals surface area contributed by atoms with Crippen LogP contribution in [-0.4, -0.2) is 27.3 Å². The first-order chi connectivity index (χ1) is 13.7. The zero-order valence-electron chi connectivity index (χ0n) is 16.0. The van der Waals surface area contributed by atoms with Gasteiger partial charge in [-0.2, -0.15) is 0 Å². The Hall–Kier alpha value is -3.05. The number of amides is 1. The fourth-order valence-electron chi connectivity index (χ4n) is 3.65. The van der Waals surface area contributed by atoms with Crippen molar-refractivity contribution < 1.29 is 4.79 Å². The van der Waals surface area contributed by atoms with Crippen molar-refractivity contribution in [1.82, 2.24) is 14.9 Å². The lowest BCUT2D eigenvalue weighted by molar-refractivity contribution is -0.122. The molecule has 2 aromatic carbocycles. The predicted octanol–water partition coefficient (Wildman–Crippen LogP) is 3.78. The molecule has 1 atom stereocenters. The number of anilines is 1. The van der Waals surface area contributed by atoms with Gasteiger partial charge < -0.3 is 5.32 Å². The van der Waals surface area contributed by atoms with Gasteiger partial charge in [-0.15, -0.1) is 0 Å². The van der Waals surface area contributed by atoms with Gasteiger partial charge in [0.1, 0.15) is 11.9 Å². The van der Waals surface area contributed by atoms with Crippen LogP contribution >= 0.6 is 0 Å². The van der Waals surface area contributed by atoms with E-state index in [1.165, 1.54) is 5.56 Å². The minimum absolute atomic E-state index is 0.0226. The molecule has 5 nitrogen and oxygen atoms in total. The predicted molar refractivity (Wildman–Crippen MR) is 110 cm³/mol. The fraction of sp³-hybridized carbons (Fsp3) is 0.261. The number of carbonyl (C=O) groups is 1. The van der Waals surface area contributed by atoms with E-state index in [0.29, 0.717) is 6.54 Å². The normalized spacial score (nSPS) is 14.9. The molecule has 1 aromatic heterocycles. The summed E-state index contributed by atoms with van der Waals surface area (Å²) in [4.78, 5) is 24.6. The maximum Gasteiger partial charge on any atom is 0.246 e. The van der Waals surface area contributed by atoms with Crippen LogP contribution in [0.2, 0.25) is 0 Å². The minimum atomic E-state index is -0.366. The Bertz CT molecular complexity index is 943. The first-order valence-corrected chi connectivity index (χ1v) is 9.73. The van der Waals surface area contributed by atoms with Gasteiger partial charge in [0.05, 0.1) is 5.69 Å². The van der Waals surface area contributed by atoms with Crippen LogP contribution in [0.4, 0.5) is 5.69 Å². The van der Waals surface area contributed by atoms with Crippen molar-refractivity contribution in [2.24, 2.45) is 0 Å². The second-order valence-electron chi connectivity index (χ2n) is 7.00. The van der Waals surface area contributed by atoms with E-state index in [2.05, 4.69) is 22.1 Å². The molecule has 0 saturated heterocycles. The Kier molecular flexibility index (Phi) is 5.44. The highest BCUT2D eigenvalue weighted by Gasteiger charge is 2.31. The number of hydrogen-bond acceptors (Lipinski definition) is 4. The Labute approximate surface area is 165 Å². The zero-order chi connectivity index (χ0) is 19.3. The molecule has 1 amide bonds. The maximum absolute atomic E-state index is 13.3. The average Bonchev–Trinajstić information content (AvgIpc) is 2.75. The highest BCUT2D eigenvalue weighted by Crippen LogP contribution is 2.28. The van der Waals surface area contributed by atoms with E-state index in [1.54, 1.807) is 0 Å². The highest BCUT2D eigenvalue weighted by molar-refractivity contribution is 5.95. The Morgan fingerprint density at radius 2 is 1.82 bits per heavy atom. The summed E-state index contributed by atoms with van der Waals surface area (Å²) in [5.74, 6) is 0.830. The number of para-hydroxylation sites is 1. The van der Waals surface area contributed by atoms with E-state index < -0.39 is 0 Å². The molecular formula is C23H24N4O.